The molecule has 130 valence electrons. The maximum Gasteiger partial charge on any atom is 0.240 e. The SMILES string of the molecule is Cl.Cl.NC1(C(=O)NCc2ccnc(Oc3ccc(F)cc3)c2)CC1. The lowest BCUT2D eigenvalue weighted by atomic mass is 10.2. The van der Waals surface area contributed by atoms with Gasteiger partial charge in [0.05, 0.1) is 5.54 Å². The predicted molar refractivity (Wildman–Crippen MR) is 93.2 cm³/mol. The van der Waals surface area contributed by atoms with Gasteiger partial charge in [-0.15, -0.1) is 24.8 Å². The fraction of sp³-hybridized carbons (Fsp3) is 0.250. The van der Waals surface area contributed by atoms with Gasteiger partial charge in [-0.05, 0) is 48.7 Å². The zero-order valence-electron chi connectivity index (χ0n) is 12.7. The number of hydrogen-bond donors (Lipinski definition) is 2. The lowest BCUT2D eigenvalue weighted by molar-refractivity contribution is -0.123. The average molecular weight is 374 g/mol. The summed E-state index contributed by atoms with van der Waals surface area (Å²) in [4.78, 5) is 15.9. The molecule has 8 heteroatoms. The van der Waals surface area contributed by atoms with Gasteiger partial charge in [-0.2, -0.15) is 0 Å². The molecule has 24 heavy (non-hydrogen) atoms. The van der Waals surface area contributed by atoms with Crippen molar-refractivity contribution in [1.29, 1.82) is 0 Å². The van der Waals surface area contributed by atoms with Gasteiger partial charge >= 0.3 is 0 Å². The maximum absolute atomic E-state index is 12.8. The second kappa shape index (κ2) is 8.28. The zero-order chi connectivity index (χ0) is 15.6. The minimum absolute atomic E-state index is 0. The predicted octanol–water partition coefficient (Wildman–Crippen LogP) is 2.96. The Morgan fingerprint density at radius 1 is 1.25 bits per heavy atom. The normalized spacial score (nSPS) is 13.9. The number of carbonyl (C=O) groups excluding carboxylic acids is 1. The maximum atomic E-state index is 12.8. The second-order valence-corrected chi connectivity index (χ2v) is 5.40. The van der Waals surface area contributed by atoms with Crippen molar-refractivity contribution < 1.29 is 13.9 Å². The van der Waals surface area contributed by atoms with E-state index in [4.69, 9.17) is 10.5 Å². The van der Waals surface area contributed by atoms with Crippen molar-refractivity contribution in [3.8, 4) is 11.6 Å². The summed E-state index contributed by atoms with van der Waals surface area (Å²) < 4.78 is 18.4. The molecule has 1 aromatic carbocycles. The average Bonchev–Trinajstić information content (AvgIpc) is 3.27. The molecule has 0 bridgehead atoms. The molecule has 1 fully saturated rings. The van der Waals surface area contributed by atoms with Crippen LogP contribution in [0.25, 0.3) is 0 Å². The lowest BCUT2D eigenvalue weighted by Gasteiger charge is -2.11. The van der Waals surface area contributed by atoms with E-state index < -0.39 is 5.54 Å². The van der Waals surface area contributed by atoms with Crippen LogP contribution in [0.3, 0.4) is 0 Å². The Labute approximate surface area is 151 Å². The highest BCUT2D eigenvalue weighted by Gasteiger charge is 2.45. The van der Waals surface area contributed by atoms with E-state index >= 15 is 0 Å². The van der Waals surface area contributed by atoms with Crippen LogP contribution >= 0.6 is 24.8 Å². The number of nitrogens with zero attached hydrogens (tertiary/aromatic N) is 1. The van der Waals surface area contributed by atoms with Crippen LogP contribution in [0.2, 0.25) is 0 Å². The number of nitrogens with one attached hydrogen (secondary N) is 1. The summed E-state index contributed by atoms with van der Waals surface area (Å²) >= 11 is 0. The number of pyridine rings is 1. The topological polar surface area (TPSA) is 77.2 Å². The number of halogens is 3. The summed E-state index contributed by atoms with van der Waals surface area (Å²) in [6, 6.07) is 9.19. The smallest absolute Gasteiger partial charge is 0.240 e. The Morgan fingerprint density at radius 2 is 1.92 bits per heavy atom. The molecule has 1 amide bonds. The third kappa shape index (κ3) is 5.06. The summed E-state index contributed by atoms with van der Waals surface area (Å²) in [5, 5.41) is 2.80. The van der Waals surface area contributed by atoms with Gasteiger partial charge in [-0.25, -0.2) is 9.37 Å². The summed E-state index contributed by atoms with van der Waals surface area (Å²) in [7, 11) is 0. The highest BCUT2D eigenvalue weighted by Crippen LogP contribution is 2.32. The molecule has 0 aliphatic heterocycles. The summed E-state index contributed by atoms with van der Waals surface area (Å²) in [5.74, 6) is 0.416. The molecule has 3 N–H and O–H groups in total. The van der Waals surface area contributed by atoms with Gasteiger partial charge in [0.1, 0.15) is 11.6 Å². The number of carbonyl (C=O) groups is 1. The van der Waals surface area contributed by atoms with Crippen molar-refractivity contribution >= 4 is 30.7 Å². The summed E-state index contributed by atoms with van der Waals surface area (Å²) in [6.07, 6.45) is 3.05. The van der Waals surface area contributed by atoms with Crippen molar-refractivity contribution in [3.63, 3.8) is 0 Å². The molecule has 0 unspecified atom stereocenters. The number of rotatable bonds is 5. The van der Waals surface area contributed by atoms with Gasteiger partial charge in [0.2, 0.25) is 11.8 Å². The fourth-order valence-electron chi connectivity index (χ4n) is 1.96. The largest absolute Gasteiger partial charge is 0.439 e. The number of hydrogen-bond acceptors (Lipinski definition) is 4. The Hall–Kier alpha value is -1.89. The van der Waals surface area contributed by atoms with Gasteiger partial charge in [0, 0.05) is 18.8 Å². The molecule has 1 aliphatic carbocycles. The molecule has 1 aliphatic rings. The molecule has 1 saturated carbocycles. The van der Waals surface area contributed by atoms with Crippen LogP contribution in [0.15, 0.2) is 42.6 Å². The molecular weight excluding hydrogens is 356 g/mol. The Kier molecular flexibility index (Phi) is 6.95. The standard InChI is InChI=1S/C16H16FN3O2.2ClH/c17-12-1-3-13(4-2-12)22-14-9-11(5-8-19-14)10-20-15(21)16(18)6-7-16;;/h1-5,8-9H,6-7,10,18H2,(H,20,21);2*1H. The van der Waals surface area contributed by atoms with Crippen molar-refractivity contribution in [3.05, 3.63) is 54.0 Å². The Bertz CT molecular complexity index is 694. The van der Waals surface area contributed by atoms with Gasteiger partial charge in [-0.1, -0.05) is 0 Å². The van der Waals surface area contributed by atoms with Crippen LogP contribution in [0, 0.1) is 5.82 Å². The first-order chi connectivity index (χ1) is 10.5. The fourth-order valence-corrected chi connectivity index (χ4v) is 1.96. The summed E-state index contributed by atoms with van der Waals surface area (Å²) in [5.41, 5.74) is 5.99. The molecule has 5 nitrogen and oxygen atoms in total. The number of benzene rings is 1. The van der Waals surface area contributed by atoms with E-state index in [1.807, 2.05) is 0 Å². The minimum atomic E-state index is -0.680. The molecular formula is C16H18Cl2FN3O2. The van der Waals surface area contributed by atoms with E-state index in [0.29, 0.717) is 18.2 Å². The van der Waals surface area contributed by atoms with E-state index in [0.717, 1.165) is 18.4 Å². The highest BCUT2D eigenvalue weighted by molar-refractivity contribution is 5.88. The highest BCUT2D eigenvalue weighted by atomic mass is 35.5. The first-order valence-electron chi connectivity index (χ1n) is 7.01. The summed E-state index contributed by atoms with van der Waals surface area (Å²) in [6.45, 7) is 0.361. The van der Waals surface area contributed by atoms with Gasteiger partial charge in [0.25, 0.3) is 0 Å². The van der Waals surface area contributed by atoms with Crippen LogP contribution < -0.4 is 15.8 Å². The number of aromatic nitrogens is 1. The lowest BCUT2D eigenvalue weighted by Crippen LogP contribution is -2.42. The van der Waals surface area contributed by atoms with E-state index in [9.17, 15) is 9.18 Å². The third-order valence-corrected chi connectivity index (χ3v) is 3.53. The van der Waals surface area contributed by atoms with Crippen molar-refractivity contribution in [2.45, 2.75) is 24.9 Å². The van der Waals surface area contributed by atoms with Crippen LogP contribution in [0.4, 0.5) is 4.39 Å². The third-order valence-electron chi connectivity index (χ3n) is 3.53. The molecule has 0 saturated heterocycles. The molecule has 3 rings (SSSR count). The van der Waals surface area contributed by atoms with Gasteiger partial charge in [-0.3, -0.25) is 4.79 Å². The van der Waals surface area contributed by atoms with E-state index in [-0.39, 0.29) is 36.5 Å². The molecule has 2 aromatic rings. The number of nitrogens with two attached hydrogens (primary N) is 1. The monoisotopic (exact) mass is 373 g/mol. The molecule has 1 aromatic heterocycles. The molecule has 0 atom stereocenters. The van der Waals surface area contributed by atoms with Crippen molar-refractivity contribution in [1.82, 2.24) is 10.3 Å². The zero-order valence-corrected chi connectivity index (χ0v) is 14.3. The van der Waals surface area contributed by atoms with Crippen molar-refractivity contribution in [2.24, 2.45) is 5.73 Å². The molecule has 0 spiro atoms. The van der Waals surface area contributed by atoms with Crippen molar-refractivity contribution in [2.75, 3.05) is 0 Å². The molecule has 1 heterocycles. The first-order valence-corrected chi connectivity index (χ1v) is 7.01. The first kappa shape index (κ1) is 20.2. The van der Waals surface area contributed by atoms with Crippen LogP contribution in [-0.4, -0.2) is 16.4 Å². The molecule has 0 radical (unpaired) electrons. The quantitative estimate of drug-likeness (QED) is 0.844. The van der Waals surface area contributed by atoms with Gasteiger partial charge < -0.3 is 15.8 Å². The van der Waals surface area contributed by atoms with Crippen LogP contribution in [0.1, 0.15) is 18.4 Å². The van der Waals surface area contributed by atoms with Crippen LogP contribution in [0.5, 0.6) is 11.6 Å². The second-order valence-electron chi connectivity index (χ2n) is 5.40. The van der Waals surface area contributed by atoms with Gasteiger partial charge in [0.15, 0.2) is 0 Å². The van der Waals surface area contributed by atoms with Crippen LogP contribution in [-0.2, 0) is 11.3 Å². The van der Waals surface area contributed by atoms with E-state index in [1.165, 1.54) is 24.3 Å². The minimum Gasteiger partial charge on any atom is -0.439 e. The number of ether oxygens (including phenoxy) is 1. The van der Waals surface area contributed by atoms with E-state index in [1.54, 1.807) is 18.3 Å². The Balaban J connectivity index is 0.00000144. The van der Waals surface area contributed by atoms with E-state index in [2.05, 4.69) is 10.3 Å². The Morgan fingerprint density at radius 3 is 2.54 bits per heavy atom. The number of amides is 1.